The molecule has 3 rings (SSSR count). The molecule has 0 bridgehead atoms. The van der Waals surface area contributed by atoms with Crippen LogP contribution in [0.1, 0.15) is 71.2 Å². The molecule has 0 radical (unpaired) electrons. The summed E-state index contributed by atoms with van der Waals surface area (Å²) in [4.78, 5) is 2.69. The molecule has 0 spiro atoms. The van der Waals surface area contributed by atoms with Gasteiger partial charge in [0, 0.05) is 12.6 Å². The average molecular weight is 360 g/mol. The van der Waals surface area contributed by atoms with Gasteiger partial charge in [-0.3, -0.25) is 4.90 Å². The van der Waals surface area contributed by atoms with Crippen LogP contribution >= 0.6 is 0 Å². The summed E-state index contributed by atoms with van der Waals surface area (Å²) < 4.78 is 0. The summed E-state index contributed by atoms with van der Waals surface area (Å²) in [6.07, 6.45) is 10.3. The Bertz CT molecular complexity index is 844. The second-order valence-electron chi connectivity index (χ2n) is 7.88. The van der Waals surface area contributed by atoms with Crippen molar-refractivity contribution in [2.75, 3.05) is 6.54 Å². The van der Waals surface area contributed by atoms with Crippen molar-refractivity contribution in [3.05, 3.63) is 81.9 Å². The zero-order valence-electron chi connectivity index (χ0n) is 17.4. The maximum Gasteiger partial charge on any atom is 0.0351 e. The van der Waals surface area contributed by atoms with Gasteiger partial charge in [-0.2, -0.15) is 0 Å². The Morgan fingerprint density at radius 2 is 1.93 bits per heavy atom. The van der Waals surface area contributed by atoms with Crippen molar-refractivity contribution in [1.29, 1.82) is 0 Å². The molecule has 1 heteroatoms. The molecular formula is C26H33N. The Labute approximate surface area is 165 Å². The maximum atomic E-state index is 3.94. The lowest BCUT2D eigenvalue weighted by Crippen LogP contribution is -2.33. The van der Waals surface area contributed by atoms with Crippen molar-refractivity contribution in [3.63, 3.8) is 0 Å². The topological polar surface area (TPSA) is 3.24 Å². The summed E-state index contributed by atoms with van der Waals surface area (Å²) in [5, 5.41) is 0. The summed E-state index contributed by atoms with van der Waals surface area (Å²) in [6, 6.07) is 11.8. The molecule has 0 aromatic heterocycles. The number of benzene rings is 2. The van der Waals surface area contributed by atoms with Crippen molar-refractivity contribution in [2.45, 2.75) is 59.5 Å². The number of hydrogen-bond donors (Lipinski definition) is 0. The van der Waals surface area contributed by atoms with E-state index in [0.29, 0.717) is 6.04 Å². The van der Waals surface area contributed by atoms with Gasteiger partial charge in [0.25, 0.3) is 0 Å². The average Bonchev–Trinajstić information content (AvgIpc) is 2.69. The van der Waals surface area contributed by atoms with E-state index in [1.807, 2.05) is 6.08 Å². The first-order chi connectivity index (χ1) is 13.0. The fourth-order valence-corrected chi connectivity index (χ4v) is 4.43. The minimum atomic E-state index is 0.498. The molecular weight excluding hydrogens is 326 g/mol. The van der Waals surface area contributed by atoms with Gasteiger partial charge in [0.2, 0.25) is 0 Å². The van der Waals surface area contributed by atoms with E-state index in [-0.39, 0.29) is 0 Å². The predicted octanol–water partition coefficient (Wildman–Crippen LogP) is 7.02. The van der Waals surface area contributed by atoms with E-state index in [4.69, 9.17) is 0 Å². The molecule has 2 aromatic rings. The molecule has 1 heterocycles. The van der Waals surface area contributed by atoms with E-state index >= 15 is 0 Å². The van der Waals surface area contributed by atoms with Crippen LogP contribution in [0, 0.1) is 20.8 Å². The van der Waals surface area contributed by atoms with E-state index in [9.17, 15) is 0 Å². The summed E-state index contributed by atoms with van der Waals surface area (Å²) in [7, 11) is 0. The smallest absolute Gasteiger partial charge is 0.0351 e. The van der Waals surface area contributed by atoms with Crippen LogP contribution in [-0.4, -0.2) is 11.4 Å². The molecule has 1 aliphatic rings. The third-order valence-corrected chi connectivity index (χ3v) is 6.07. The minimum Gasteiger partial charge on any atom is -0.292 e. The standard InChI is InChI=1S/C26H33N/c1-6-11-24-21(5)19(3)16-20(4)25(24)18-27-15-9-8-14-26(27)23-13-10-12-22(7-2)17-23/h6-7,10-13,16-17,26H,2,8-9,14-15,18H2,1,3-5H3/b11-6-. The van der Waals surface area contributed by atoms with Crippen LogP contribution in [0.15, 0.2) is 43.0 Å². The van der Waals surface area contributed by atoms with Crippen molar-refractivity contribution >= 4 is 12.2 Å². The van der Waals surface area contributed by atoms with Crippen LogP contribution < -0.4 is 0 Å². The number of piperidine rings is 1. The molecule has 1 fully saturated rings. The summed E-state index contributed by atoms with van der Waals surface area (Å²) in [6.45, 7) is 15.0. The van der Waals surface area contributed by atoms with Crippen LogP contribution in [0.4, 0.5) is 0 Å². The second kappa shape index (κ2) is 8.71. The van der Waals surface area contributed by atoms with Crippen molar-refractivity contribution in [1.82, 2.24) is 4.90 Å². The number of hydrogen-bond acceptors (Lipinski definition) is 1. The van der Waals surface area contributed by atoms with E-state index in [1.165, 1.54) is 64.8 Å². The van der Waals surface area contributed by atoms with Crippen LogP contribution in [0.2, 0.25) is 0 Å². The molecule has 0 N–H and O–H groups in total. The Kier molecular flexibility index (Phi) is 6.34. The first kappa shape index (κ1) is 19.6. The molecule has 142 valence electrons. The quantitative estimate of drug-likeness (QED) is 0.554. The van der Waals surface area contributed by atoms with Gasteiger partial charge >= 0.3 is 0 Å². The lowest BCUT2D eigenvalue weighted by atomic mass is 9.90. The van der Waals surface area contributed by atoms with Gasteiger partial charge in [-0.25, -0.2) is 0 Å². The lowest BCUT2D eigenvalue weighted by molar-refractivity contribution is 0.140. The molecule has 1 saturated heterocycles. The van der Waals surface area contributed by atoms with E-state index in [2.05, 4.69) is 81.7 Å². The number of likely N-dealkylation sites (tertiary alicyclic amines) is 1. The highest BCUT2D eigenvalue weighted by Gasteiger charge is 2.25. The molecule has 1 aliphatic heterocycles. The van der Waals surface area contributed by atoms with Gasteiger partial charge in [-0.05, 0) is 86.0 Å². The monoisotopic (exact) mass is 359 g/mol. The van der Waals surface area contributed by atoms with Crippen LogP contribution in [0.3, 0.4) is 0 Å². The van der Waals surface area contributed by atoms with Gasteiger partial charge in [-0.1, -0.05) is 61.6 Å². The molecule has 0 amide bonds. The first-order valence-corrected chi connectivity index (χ1v) is 10.2. The third-order valence-electron chi connectivity index (χ3n) is 6.07. The van der Waals surface area contributed by atoms with E-state index in [1.54, 1.807) is 0 Å². The highest BCUT2D eigenvalue weighted by Crippen LogP contribution is 2.34. The van der Waals surface area contributed by atoms with Crippen LogP contribution in [0.5, 0.6) is 0 Å². The molecule has 2 aromatic carbocycles. The Hall–Kier alpha value is -2.12. The minimum absolute atomic E-state index is 0.498. The van der Waals surface area contributed by atoms with Crippen LogP contribution in [-0.2, 0) is 6.54 Å². The molecule has 0 saturated carbocycles. The summed E-state index contributed by atoms with van der Waals surface area (Å²) >= 11 is 0. The van der Waals surface area contributed by atoms with Gasteiger partial charge in [0.15, 0.2) is 0 Å². The fraction of sp³-hybridized carbons (Fsp3) is 0.385. The maximum absolute atomic E-state index is 3.94. The SMILES string of the molecule is C=Cc1cccc(C2CCCCN2Cc2c(C)cc(C)c(C)c2/C=C\C)c1. The zero-order valence-corrected chi connectivity index (χ0v) is 17.4. The van der Waals surface area contributed by atoms with Gasteiger partial charge in [0.05, 0.1) is 0 Å². The molecule has 1 atom stereocenters. The van der Waals surface area contributed by atoms with Crippen molar-refractivity contribution in [3.8, 4) is 0 Å². The van der Waals surface area contributed by atoms with Crippen molar-refractivity contribution < 1.29 is 0 Å². The molecule has 27 heavy (non-hydrogen) atoms. The van der Waals surface area contributed by atoms with Gasteiger partial charge < -0.3 is 0 Å². The van der Waals surface area contributed by atoms with E-state index < -0.39 is 0 Å². The third kappa shape index (κ3) is 4.25. The Morgan fingerprint density at radius 3 is 2.67 bits per heavy atom. The lowest BCUT2D eigenvalue weighted by Gasteiger charge is -2.37. The largest absolute Gasteiger partial charge is 0.292 e. The first-order valence-electron chi connectivity index (χ1n) is 10.2. The highest BCUT2D eigenvalue weighted by atomic mass is 15.2. The Morgan fingerprint density at radius 1 is 1.11 bits per heavy atom. The molecule has 1 nitrogen and oxygen atoms in total. The summed E-state index contributed by atoms with van der Waals surface area (Å²) in [5.41, 5.74) is 9.77. The molecule has 0 aliphatic carbocycles. The van der Waals surface area contributed by atoms with Crippen molar-refractivity contribution in [2.24, 2.45) is 0 Å². The van der Waals surface area contributed by atoms with Gasteiger partial charge in [0.1, 0.15) is 0 Å². The second-order valence-corrected chi connectivity index (χ2v) is 7.88. The summed E-state index contributed by atoms with van der Waals surface area (Å²) in [5.74, 6) is 0. The predicted molar refractivity (Wildman–Crippen MR) is 119 cm³/mol. The van der Waals surface area contributed by atoms with Crippen LogP contribution in [0.25, 0.3) is 12.2 Å². The van der Waals surface area contributed by atoms with Gasteiger partial charge in [-0.15, -0.1) is 0 Å². The van der Waals surface area contributed by atoms with E-state index in [0.717, 1.165) is 6.54 Å². The highest BCUT2D eigenvalue weighted by molar-refractivity contribution is 5.61. The number of allylic oxidation sites excluding steroid dienone is 1. The number of aryl methyl sites for hydroxylation is 2. The Balaban J connectivity index is 1.97. The number of nitrogens with zero attached hydrogens (tertiary/aromatic N) is 1. The zero-order chi connectivity index (χ0) is 19.4. The fourth-order valence-electron chi connectivity index (χ4n) is 4.43. The number of rotatable bonds is 5. The normalized spacial score (nSPS) is 18.1. The molecule has 1 unspecified atom stereocenters.